The molecule has 14 heteroatoms. The van der Waals surface area contributed by atoms with Crippen LogP contribution in [0.2, 0.25) is 0 Å². The summed E-state index contributed by atoms with van der Waals surface area (Å²) >= 11 is 0. The Morgan fingerprint density at radius 3 is 2.37 bits per heavy atom. The van der Waals surface area contributed by atoms with E-state index < -0.39 is 73.8 Å². The molecule has 1 aromatic carbocycles. The number of sulfonamides is 1. The van der Waals surface area contributed by atoms with Gasteiger partial charge in [-0.3, -0.25) is 19.1 Å². The number of likely N-dealkylation sites (tertiary alicyclic amines) is 1. The maximum atomic E-state index is 14.4. The van der Waals surface area contributed by atoms with Gasteiger partial charge in [0.1, 0.15) is 29.3 Å². The third-order valence-electron chi connectivity index (χ3n) is 9.41. The van der Waals surface area contributed by atoms with E-state index in [-0.39, 0.29) is 25.3 Å². The van der Waals surface area contributed by atoms with Crippen molar-refractivity contribution in [3.05, 3.63) is 36.0 Å². The quantitative estimate of drug-likeness (QED) is 0.334. The van der Waals surface area contributed by atoms with Crippen molar-refractivity contribution in [3.63, 3.8) is 0 Å². The average Bonchev–Trinajstić information content (AvgIpc) is 3.91. The maximum absolute atomic E-state index is 14.4. The van der Waals surface area contributed by atoms with E-state index in [0.29, 0.717) is 25.1 Å². The molecule has 2 aliphatic carbocycles. The van der Waals surface area contributed by atoms with E-state index in [1.807, 2.05) is 38.1 Å². The Labute approximate surface area is 288 Å². The highest BCUT2D eigenvalue weighted by Crippen LogP contribution is 2.47. The monoisotopic (exact) mass is 699 g/mol. The number of carbonyl (C=O) groups is 4. The van der Waals surface area contributed by atoms with Crippen molar-refractivity contribution in [2.24, 2.45) is 11.3 Å². The molecule has 1 aromatic heterocycles. The number of rotatable bonds is 10. The summed E-state index contributed by atoms with van der Waals surface area (Å²) in [6.07, 6.45) is 2.03. The Morgan fingerprint density at radius 1 is 1.08 bits per heavy atom. The predicted octanol–water partition coefficient (Wildman–Crippen LogP) is 3.72. The predicted molar refractivity (Wildman–Crippen MR) is 183 cm³/mol. The fraction of sp³-hybridized carbons (Fsp3) is 0.629. The van der Waals surface area contributed by atoms with Gasteiger partial charge in [0.15, 0.2) is 0 Å². The van der Waals surface area contributed by atoms with Crippen LogP contribution in [0.1, 0.15) is 86.1 Å². The number of ether oxygens (including phenoxy) is 2. The zero-order chi connectivity index (χ0) is 36.1. The molecule has 2 aromatic rings. The zero-order valence-corrected chi connectivity index (χ0v) is 30.4. The van der Waals surface area contributed by atoms with Gasteiger partial charge in [-0.15, -0.1) is 0 Å². The topological polar surface area (TPSA) is 173 Å². The van der Waals surface area contributed by atoms with Crippen LogP contribution in [0, 0.1) is 18.3 Å². The first kappa shape index (κ1) is 36.3. The Kier molecular flexibility index (Phi) is 9.69. The van der Waals surface area contributed by atoms with Gasteiger partial charge in [0.2, 0.25) is 27.7 Å². The zero-order valence-electron chi connectivity index (χ0n) is 29.6. The lowest BCUT2D eigenvalue weighted by atomic mass is 9.85. The Balaban J connectivity index is 1.45. The van der Waals surface area contributed by atoms with Crippen molar-refractivity contribution in [1.29, 1.82) is 0 Å². The fourth-order valence-corrected chi connectivity index (χ4v) is 7.89. The first-order chi connectivity index (χ1) is 22.8. The third-order valence-corrected chi connectivity index (χ3v) is 11.2. The number of alkyl carbamates (subject to hydrolysis) is 1. The first-order valence-electron chi connectivity index (χ1n) is 16.9. The summed E-state index contributed by atoms with van der Waals surface area (Å²) in [6, 6.07) is 5.52. The molecule has 0 spiro atoms. The lowest BCUT2D eigenvalue weighted by Crippen LogP contribution is -2.60. The number of amides is 4. The highest BCUT2D eigenvalue weighted by atomic mass is 32.2. The summed E-state index contributed by atoms with van der Waals surface area (Å²) < 4.78 is 39.4. The number of hydrogen-bond acceptors (Lipinski definition) is 9. The van der Waals surface area contributed by atoms with Gasteiger partial charge in [-0.1, -0.05) is 52.3 Å². The van der Waals surface area contributed by atoms with Crippen LogP contribution >= 0.6 is 0 Å². The SMILES string of the molecule is CC[C@@H]1C[C@]1(NC(=O)[C@@H]1C[C@@H](Oc2nccc3cccc(C)c23)CN1C(=O)[C@@H](NC(=O)OC(C)(C)C)C(C)(C)C)C(=O)NS(=O)(=O)C1CC1. The van der Waals surface area contributed by atoms with Gasteiger partial charge < -0.3 is 25.0 Å². The number of fused-ring (bicyclic) bond motifs is 1. The molecule has 0 radical (unpaired) electrons. The number of carbonyl (C=O) groups excluding carboxylic acids is 4. The van der Waals surface area contributed by atoms with Gasteiger partial charge in [-0.05, 0) is 75.3 Å². The molecule has 49 heavy (non-hydrogen) atoms. The van der Waals surface area contributed by atoms with Crippen LogP contribution in [-0.2, 0) is 29.1 Å². The van der Waals surface area contributed by atoms with E-state index in [1.54, 1.807) is 47.7 Å². The van der Waals surface area contributed by atoms with Crippen LogP contribution in [0.15, 0.2) is 30.5 Å². The standard InChI is InChI=1S/C35H49N5O8S/c1-9-22-18-35(22,31(43)39-49(45,46)24-13-14-24)38-28(41)25-17-23(47-29-26-20(2)11-10-12-21(26)15-16-36-29)19-40(25)30(42)27(33(3,4)5)37-32(44)48-34(6,7)8/h10-12,15-16,22-25,27H,9,13-14,17-19H2,1-8H3,(H,37,44)(H,38,41)(H,39,43)/t22-,23-,25+,27-,35-/m1/s1. The summed E-state index contributed by atoms with van der Waals surface area (Å²) in [5, 5.41) is 6.70. The second-order valence-electron chi connectivity index (χ2n) is 15.7. The van der Waals surface area contributed by atoms with Crippen LogP contribution in [0.4, 0.5) is 4.79 Å². The lowest BCUT2D eigenvalue weighted by Gasteiger charge is -2.36. The van der Waals surface area contributed by atoms with Crippen molar-refractivity contribution in [2.45, 2.75) is 122 Å². The van der Waals surface area contributed by atoms with Crippen LogP contribution in [0.5, 0.6) is 5.88 Å². The van der Waals surface area contributed by atoms with E-state index in [0.717, 1.165) is 16.3 Å². The third kappa shape index (κ3) is 7.94. The molecule has 5 atom stereocenters. The molecule has 0 unspecified atom stereocenters. The van der Waals surface area contributed by atoms with Gasteiger partial charge in [0.25, 0.3) is 5.91 Å². The van der Waals surface area contributed by atoms with E-state index in [2.05, 4.69) is 20.3 Å². The second kappa shape index (κ2) is 13.1. The van der Waals surface area contributed by atoms with Crippen molar-refractivity contribution in [1.82, 2.24) is 25.2 Å². The molecule has 0 bridgehead atoms. The van der Waals surface area contributed by atoms with Crippen molar-refractivity contribution >= 4 is 44.6 Å². The van der Waals surface area contributed by atoms with Gasteiger partial charge in [0, 0.05) is 18.0 Å². The molecule has 5 rings (SSSR count). The number of hydrogen-bond donors (Lipinski definition) is 3. The molecular formula is C35H49N5O8S. The number of aryl methyl sites for hydroxylation is 1. The minimum Gasteiger partial charge on any atom is -0.472 e. The van der Waals surface area contributed by atoms with Gasteiger partial charge in [-0.25, -0.2) is 18.2 Å². The number of nitrogens with one attached hydrogen (secondary N) is 3. The van der Waals surface area contributed by atoms with E-state index in [4.69, 9.17) is 9.47 Å². The van der Waals surface area contributed by atoms with Crippen molar-refractivity contribution in [3.8, 4) is 5.88 Å². The van der Waals surface area contributed by atoms with Crippen molar-refractivity contribution in [2.75, 3.05) is 6.54 Å². The van der Waals surface area contributed by atoms with Crippen LogP contribution < -0.4 is 20.1 Å². The molecule has 1 saturated heterocycles. The molecule has 2 saturated carbocycles. The summed E-state index contributed by atoms with van der Waals surface area (Å²) in [5.74, 6) is -1.81. The fourth-order valence-electron chi connectivity index (χ4n) is 6.53. The lowest BCUT2D eigenvalue weighted by molar-refractivity contribution is -0.143. The highest BCUT2D eigenvalue weighted by molar-refractivity contribution is 7.91. The molecule has 13 nitrogen and oxygen atoms in total. The largest absolute Gasteiger partial charge is 0.472 e. The van der Waals surface area contributed by atoms with E-state index in [9.17, 15) is 27.6 Å². The second-order valence-corrected chi connectivity index (χ2v) is 17.6. The Bertz CT molecular complexity index is 1740. The van der Waals surface area contributed by atoms with E-state index in [1.165, 1.54) is 4.90 Å². The normalized spacial score (nSPS) is 24.6. The Morgan fingerprint density at radius 2 is 1.78 bits per heavy atom. The number of aromatic nitrogens is 1. The molecule has 268 valence electrons. The van der Waals surface area contributed by atoms with Gasteiger partial charge in [0.05, 0.1) is 11.8 Å². The summed E-state index contributed by atoms with van der Waals surface area (Å²) in [4.78, 5) is 60.9. The minimum absolute atomic E-state index is 0.00406. The van der Waals surface area contributed by atoms with Crippen LogP contribution in [0.25, 0.3) is 10.8 Å². The highest BCUT2D eigenvalue weighted by Gasteiger charge is 2.62. The number of benzene rings is 1. The van der Waals surface area contributed by atoms with Gasteiger partial charge in [-0.2, -0.15) is 0 Å². The first-order valence-corrected chi connectivity index (χ1v) is 18.5. The van der Waals surface area contributed by atoms with Gasteiger partial charge >= 0.3 is 6.09 Å². The molecular weight excluding hydrogens is 650 g/mol. The Hall–Kier alpha value is -3.94. The maximum Gasteiger partial charge on any atom is 0.408 e. The van der Waals surface area contributed by atoms with Crippen molar-refractivity contribution < 1.29 is 37.1 Å². The molecule has 3 fully saturated rings. The smallest absolute Gasteiger partial charge is 0.408 e. The number of pyridine rings is 1. The number of nitrogens with zero attached hydrogens (tertiary/aromatic N) is 2. The summed E-state index contributed by atoms with van der Waals surface area (Å²) in [6.45, 7) is 14.4. The summed E-state index contributed by atoms with van der Waals surface area (Å²) in [5.41, 5.74) is -2.07. The summed E-state index contributed by atoms with van der Waals surface area (Å²) in [7, 11) is -3.85. The minimum atomic E-state index is -3.85. The molecule has 4 amide bonds. The molecule has 2 heterocycles. The molecule has 1 aliphatic heterocycles. The molecule has 3 aliphatic rings. The van der Waals surface area contributed by atoms with E-state index >= 15 is 0 Å². The van der Waals surface area contributed by atoms with Crippen LogP contribution in [-0.4, -0.2) is 83.2 Å². The van der Waals surface area contributed by atoms with Crippen LogP contribution in [0.3, 0.4) is 0 Å². The average molecular weight is 700 g/mol. The molecule has 3 N–H and O–H groups in total.